The highest BCUT2D eigenvalue weighted by molar-refractivity contribution is 7.91. The van der Waals surface area contributed by atoms with E-state index in [1.165, 1.54) is 42.5 Å². The molecule has 0 aliphatic carbocycles. The number of halogens is 1. The van der Waals surface area contributed by atoms with Crippen molar-refractivity contribution in [3.63, 3.8) is 0 Å². The van der Waals surface area contributed by atoms with Crippen molar-refractivity contribution in [2.45, 2.75) is 23.5 Å². The van der Waals surface area contributed by atoms with Crippen LogP contribution >= 0.6 is 11.6 Å². The van der Waals surface area contributed by atoms with E-state index in [0.29, 0.717) is 0 Å². The molecular formula is C21H21ClN4O5S2. The van der Waals surface area contributed by atoms with Gasteiger partial charge >= 0.3 is 0 Å². The van der Waals surface area contributed by atoms with Crippen LogP contribution in [0.5, 0.6) is 0 Å². The molecule has 1 aromatic heterocycles. The fourth-order valence-electron chi connectivity index (χ4n) is 2.80. The zero-order chi connectivity index (χ0) is 24.2. The number of amides is 1. The van der Waals surface area contributed by atoms with Crippen LogP contribution in [0.2, 0.25) is 5.02 Å². The number of hydrogen-bond donors (Lipinski definition) is 1. The van der Waals surface area contributed by atoms with Gasteiger partial charge in [-0.15, -0.1) is 0 Å². The van der Waals surface area contributed by atoms with Crippen molar-refractivity contribution in [1.82, 2.24) is 14.3 Å². The van der Waals surface area contributed by atoms with Gasteiger partial charge in [-0.05, 0) is 29.8 Å². The van der Waals surface area contributed by atoms with Gasteiger partial charge in [0, 0.05) is 19.3 Å². The molecule has 1 amide bonds. The lowest BCUT2D eigenvalue weighted by molar-refractivity contribution is 0.102. The first-order valence-electron chi connectivity index (χ1n) is 9.71. The van der Waals surface area contributed by atoms with E-state index in [9.17, 15) is 21.6 Å². The third-order valence-corrected chi connectivity index (χ3v) is 8.27. The number of anilines is 1. The Hall–Kier alpha value is -2.86. The predicted octanol–water partition coefficient (Wildman–Crippen LogP) is 3.00. The molecule has 9 nitrogen and oxygen atoms in total. The molecule has 1 N–H and O–H groups in total. The molecule has 0 saturated heterocycles. The standard InChI is InChI=1S/C21H21ClN4O5S2/c1-3-32(28,29)21-23-13-18(22)19(25-21)20(27)24-16-9-11-17(12-10-16)33(30,31)26(2)14-15-7-5-4-6-8-15/h4-13H,3,14H2,1-2H3,(H,24,27). The molecule has 0 atom stereocenters. The summed E-state index contributed by atoms with van der Waals surface area (Å²) in [7, 11) is -6.00. The Kier molecular flexibility index (Phi) is 7.48. The SMILES string of the molecule is CCS(=O)(=O)c1ncc(Cl)c(C(=O)Nc2ccc(S(=O)(=O)N(C)Cc3ccccc3)cc2)n1. The molecule has 0 fully saturated rings. The lowest BCUT2D eigenvalue weighted by Gasteiger charge is -2.17. The van der Waals surface area contributed by atoms with E-state index < -0.39 is 30.9 Å². The number of sulfonamides is 1. The van der Waals surface area contributed by atoms with E-state index >= 15 is 0 Å². The summed E-state index contributed by atoms with van der Waals surface area (Å²) in [6.07, 6.45) is 1.05. The average Bonchev–Trinajstić information content (AvgIpc) is 2.80. The summed E-state index contributed by atoms with van der Waals surface area (Å²) < 4.78 is 50.9. The van der Waals surface area contributed by atoms with E-state index in [2.05, 4.69) is 15.3 Å². The van der Waals surface area contributed by atoms with E-state index in [1.54, 1.807) is 0 Å². The summed E-state index contributed by atoms with van der Waals surface area (Å²) in [5, 5.41) is 1.91. The first kappa shape index (κ1) is 24.8. The molecule has 12 heteroatoms. The number of benzene rings is 2. The van der Waals surface area contributed by atoms with Gasteiger partial charge in [-0.2, -0.15) is 4.31 Å². The van der Waals surface area contributed by atoms with Gasteiger partial charge in [0.25, 0.3) is 5.91 Å². The molecule has 0 aliphatic rings. The molecule has 0 saturated carbocycles. The van der Waals surface area contributed by atoms with Crippen molar-refractivity contribution in [1.29, 1.82) is 0 Å². The maximum atomic E-state index is 12.8. The van der Waals surface area contributed by atoms with Gasteiger partial charge in [-0.1, -0.05) is 48.9 Å². The minimum Gasteiger partial charge on any atom is -0.321 e. The maximum Gasteiger partial charge on any atom is 0.275 e. The van der Waals surface area contributed by atoms with Gasteiger partial charge in [0.2, 0.25) is 25.0 Å². The van der Waals surface area contributed by atoms with E-state index in [4.69, 9.17) is 11.6 Å². The number of carbonyl (C=O) groups excluding carboxylic acids is 1. The Balaban J connectivity index is 1.77. The lowest BCUT2D eigenvalue weighted by Crippen LogP contribution is -2.26. The van der Waals surface area contributed by atoms with Gasteiger partial charge in [0.05, 0.1) is 21.9 Å². The van der Waals surface area contributed by atoms with Gasteiger partial charge in [-0.25, -0.2) is 26.8 Å². The Morgan fingerprint density at radius 3 is 2.27 bits per heavy atom. The van der Waals surface area contributed by atoms with Crippen LogP contribution in [-0.4, -0.2) is 49.8 Å². The van der Waals surface area contributed by atoms with Crippen molar-refractivity contribution in [2.24, 2.45) is 0 Å². The summed E-state index contributed by atoms with van der Waals surface area (Å²) in [6.45, 7) is 1.64. The van der Waals surface area contributed by atoms with E-state index in [1.807, 2.05) is 30.3 Å². The van der Waals surface area contributed by atoms with E-state index in [-0.39, 0.29) is 33.6 Å². The number of sulfone groups is 1. The molecule has 0 spiro atoms. The largest absolute Gasteiger partial charge is 0.321 e. The molecule has 0 radical (unpaired) electrons. The van der Waals surface area contributed by atoms with Crippen LogP contribution in [0.25, 0.3) is 0 Å². The van der Waals surface area contributed by atoms with Crippen LogP contribution < -0.4 is 5.32 Å². The normalized spacial score (nSPS) is 12.0. The average molecular weight is 509 g/mol. The van der Waals surface area contributed by atoms with Gasteiger partial charge in [-0.3, -0.25) is 4.79 Å². The Morgan fingerprint density at radius 1 is 1.03 bits per heavy atom. The van der Waals surface area contributed by atoms with Crippen molar-refractivity contribution in [2.75, 3.05) is 18.1 Å². The zero-order valence-electron chi connectivity index (χ0n) is 17.8. The Morgan fingerprint density at radius 2 is 1.67 bits per heavy atom. The second-order valence-corrected chi connectivity index (χ2v) is 11.6. The molecule has 2 aromatic carbocycles. The summed E-state index contributed by atoms with van der Waals surface area (Å²) in [6, 6.07) is 14.7. The second-order valence-electron chi connectivity index (χ2n) is 6.98. The van der Waals surface area contributed by atoms with Crippen LogP contribution in [0, 0.1) is 0 Å². The smallest absolute Gasteiger partial charge is 0.275 e. The second kappa shape index (κ2) is 9.96. The quantitative estimate of drug-likeness (QED) is 0.463. The van der Waals surface area contributed by atoms with Gasteiger partial charge < -0.3 is 5.32 Å². The van der Waals surface area contributed by atoms with Gasteiger partial charge in [0.15, 0.2) is 5.69 Å². The summed E-state index contributed by atoms with van der Waals surface area (Å²) >= 11 is 5.97. The summed E-state index contributed by atoms with van der Waals surface area (Å²) in [5.74, 6) is -0.989. The van der Waals surface area contributed by atoms with Crippen molar-refractivity contribution in [3.05, 3.63) is 77.1 Å². The monoisotopic (exact) mass is 508 g/mol. The highest BCUT2D eigenvalue weighted by Crippen LogP contribution is 2.21. The number of hydrogen-bond acceptors (Lipinski definition) is 7. The molecule has 1 heterocycles. The fourth-order valence-corrected chi connectivity index (χ4v) is 4.83. The zero-order valence-corrected chi connectivity index (χ0v) is 20.2. The third-order valence-electron chi connectivity index (χ3n) is 4.66. The third kappa shape index (κ3) is 5.74. The van der Waals surface area contributed by atoms with Crippen LogP contribution in [-0.2, 0) is 26.4 Å². The predicted molar refractivity (Wildman–Crippen MR) is 124 cm³/mol. The molecule has 0 aliphatic heterocycles. The Bertz CT molecular complexity index is 1360. The number of carbonyl (C=O) groups is 1. The number of nitrogens with one attached hydrogen (secondary N) is 1. The highest BCUT2D eigenvalue weighted by Gasteiger charge is 2.23. The fraction of sp³-hybridized carbons (Fsp3) is 0.190. The molecule has 3 aromatic rings. The molecular weight excluding hydrogens is 488 g/mol. The van der Waals surface area contributed by atoms with Crippen molar-refractivity contribution < 1.29 is 21.6 Å². The first-order valence-corrected chi connectivity index (χ1v) is 13.2. The number of nitrogens with zero attached hydrogens (tertiary/aromatic N) is 3. The molecule has 174 valence electrons. The van der Waals surface area contributed by atoms with Crippen LogP contribution in [0.1, 0.15) is 23.0 Å². The molecule has 0 unspecified atom stereocenters. The van der Waals surface area contributed by atoms with Crippen LogP contribution in [0.15, 0.2) is 70.8 Å². The first-order chi connectivity index (χ1) is 15.5. The van der Waals surface area contributed by atoms with Crippen LogP contribution in [0.3, 0.4) is 0 Å². The highest BCUT2D eigenvalue weighted by atomic mass is 35.5. The molecule has 33 heavy (non-hydrogen) atoms. The minimum atomic E-state index is -3.75. The molecule has 0 bridgehead atoms. The van der Waals surface area contributed by atoms with Crippen molar-refractivity contribution in [3.8, 4) is 0 Å². The lowest BCUT2D eigenvalue weighted by atomic mass is 10.2. The molecule has 3 rings (SSSR count). The topological polar surface area (TPSA) is 126 Å². The van der Waals surface area contributed by atoms with Crippen molar-refractivity contribution >= 4 is 43.1 Å². The summed E-state index contributed by atoms with van der Waals surface area (Å²) in [4.78, 5) is 20.1. The Labute approximate surface area is 197 Å². The van der Waals surface area contributed by atoms with Gasteiger partial charge in [0.1, 0.15) is 0 Å². The van der Waals surface area contributed by atoms with Crippen LogP contribution in [0.4, 0.5) is 5.69 Å². The number of rotatable bonds is 8. The van der Waals surface area contributed by atoms with E-state index in [0.717, 1.165) is 11.8 Å². The minimum absolute atomic E-state index is 0.0512. The number of aromatic nitrogens is 2. The summed E-state index contributed by atoms with van der Waals surface area (Å²) in [5.41, 5.74) is 0.816. The maximum absolute atomic E-state index is 12.8.